The van der Waals surface area contributed by atoms with E-state index in [1.54, 1.807) is 24.3 Å². The third-order valence-electron chi connectivity index (χ3n) is 4.11. The molecular formula is C17H19N5O4S. The third kappa shape index (κ3) is 4.73. The van der Waals surface area contributed by atoms with Gasteiger partial charge >= 0.3 is 11.9 Å². The number of aliphatic carboxylic acids is 1. The maximum absolute atomic E-state index is 12.3. The molecule has 1 aromatic carbocycles. The van der Waals surface area contributed by atoms with Crippen LogP contribution >= 0.6 is 11.3 Å². The highest BCUT2D eigenvalue weighted by Crippen LogP contribution is 2.28. The minimum atomic E-state index is -0.760. The number of nitrogens with two attached hydrogens (primary N) is 2. The van der Waals surface area contributed by atoms with Crippen molar-refractivity contribution in [2.24, 2.45) is 22.4 Å². The number of hydrogen-bond acceptors (Lipinski definition) is 7. The number of aromatic nitrogens is 1. The summed E-state index contributed by atoms with van der Waals surface area (Å²) in [4.78, 5) is 33.8. The Bertz CT molecular complexity index is 852. The summed E-state index contributed by atoms with van der Waals surface area (Å²) in [6, 6.07) is 6.46. The molecule has 2 heterocycles. The van der Waals surface area contributed by atoms with Crippen LogP contribution in [0.4, 0.5) is 10.8 Å². The SMILES string of the molecule is NC(N)=Nc1ccc(OC(=O)c2cnc(N3CCC(C(=O)O)CC3)s2)cc1. The van der Waals surface area contributed by atoms with Gasteiger partial charge in [-0.25, -0.2) is 14.8 Å². The number of rotatable bonds is 5. The lowest BCUT2D eigenvalue weighted by atomic mass is 9.98. The van der Waals surface area contributed by atoms with Gasteiger partial charge in [-0.15, -0.1) is 0 Å². The number of piperidine rings is 1. The number of guanidine groups is 1. The van der Waals surface area contributed by atoms with Crippen molar-refractivity contribution in [1.82, 2.24) is 4.98 Å². The van der Waals surface area contributed by atoms with Crippen molar-refractivity contribution in [3.8, 4) is 5.75 Å². The monoisotopic (exact) mass is 389 g/mol. The Morgan fingerprint density at radius 2 is 1.89 bits per heavy atom. The number of hydrogen-bond donors (Lipinski definition) is 3. The lowest BCUT2D eigenvalue weighted by Crippen LogP contribution is -2.36. The third-order valence-corrected chi connectivity index (χ3v) is 5.15. The number of esters is 1. The quantitative estimate of drug-likeness (QED) is 0.302. The zero-order valence-electron chi connectivity index (χ0n) is 14.4. The molecule has 142 valence electrons. The molecule has 10 heteroatoms. The molecule has 0 atom stereocenters. The molecule has 27 heavy (non-hydrogen) atoms. The molecular weight excluding hydrogens is 370 g/mol. The molecule has 0 amide bonds. The Morgan fingerprint density at radius 1 is 1.22 bits per heavy atom. The fourth-order valence-electron chi connectivity index (χ4n) is 2.72. The summed E-state index contributed by atoms with van der Waals surface area (Å²) in [6.07, 6.45) is 2.60. The van der Waals surface area contributed by atoms with Crippen LogP contribution in [0, 0.1) is 5.92 Å². The van der Waals surface area contributed by atoms with Gasteiger partial charge in [0.2, 0.25) is 0 Å². The number of benzene rings is 1. The maximum atomic E-state index is 12.3. The van der Waals surface area contributed by atoms with Crippen molar-refractivity contribution >= 4 is 40.1 Å². The Hall–Kier alpha value is -3.14. The van der Waals surface area contributed by atoms with E-state index in [0.29, 0.717) is 47.4 Å². The van der Waals surface area contributed by atoms with Crippen LogP contribution in [0.2, 0.25) is 0 Å². The topological polar surface area (TPSA) is 144 Å². The van der Waals surface area contributed by atoms with Gasteiger partial charge in [-0.2, -0.15) is 0 Å². The molecule has 9 nitrogen and oxygen atoms in total. The van der Waals surface area contributed by atoms with Gasteiger partial charge in [0.05, 0.1) is 17.8 Å². The van der Waals surface area contributed by atoms with Crippen LogP contribution in [0.5, 0.6) is 5.75 Å². The van der Waals surface area contributed by atoms with Crippen LogP contribution in [0.3, 0.4) is 0 Å². The summed E-state index contributed by atoms with van der Waals surface area (Å²) in [6.45, 7) is 1.20. The van der Waals surface area contributed by atoms with E-state index in [0.717, 1.165) is 0 Å². The molecule has 1 aromatic heterocycles. The Morgan fingerprint density at radius 3 is 2.48 bits per heavy atom. The van der Waals surface area contributed by atoms with E-state index >= 15 is 0 Å². The second kappa shape index (κ2) is 8.04. The molecule has 5 N–H and O–H groups in total. The fourth-order valence-corrected chi connectivity index (χ4v) is 3.56. The summed E-state index contributed by atoms with van der Waals surface area (Å²) in [5.41, 5.74) is 11.2. The second-order valence-electron chi connectivity index (χ2n) is 6.03. The average Bonchev–Trinajstić information content (AvgIpc) is 3.13. The molecule has 0 bridgehead atoms. The lowest BCUT2D eigenvalue weighted by Gasteiger charge is -2.29. The smallest absolute Gasteiger partial charge is 0.355 e. The van der Waals surface area contributed by atoms with Crippen LogP contribution in [0.15, 0.2) is 35.5 Å². The summed E-state index contributed by atoms with van der Waals surface area (Å²) in [5.74, 6) is -1.26. The maximum Gasteiger partial charge on any atom is 0.355 e. The standard InChI is InChI=1S/C17H19N5O4S/c18-16(19)21-11-1-3-12(4-2-11)26-15(25)13-9-20-17(27-13)22-7-5-10(6-8-22)14(23)24/h1-4,9-10H,5-8H2,(H,23,24)(H4,18,19,21). The van der Waals surface area contributed by atoms with Crippen LogP contribution < -0.4 is 21.1 Å². The van der Waals surface area contributed by atoms with Crippen LogP contribution in [-0.2, 0) is 4.79 Å². The highest BCUT2D eigenvalue weighted by Gasteiger charge is 2.26. The number of carboxylic acid groups (broad SMARTS) is 1. The minimum Gasteiger partial charge on any atom is -0.481 e. The molecule has 0 aliphatic carbocycles. The molecule has 1 fully saturated rings. The van der Waals surface area contributed by atoms with Gasteiger partial charge in [0.25, 0.3) is 0 Å². The molecule has 2 aromatic rings. The summed E-state index contributed by atoms with van der Waals surface area (Å²) in [7, 11) is 0. The van der Waals surface area contributed by atoms with Gasteiger partial charge < -0.3 is 26.2 Å². The molecule has 1 aliphatic heterocycles. The summed E-state index contributed by atoms with van der Waals surface area (Å²) in [5, 5.41) is 9.75. The number of carbonyl (C=O) groups is 2. The number of ether oxygens (including phenoxy) is 1. The zero-order chi connectivity index (χ0) is 19.4. The van der Waals surface area contributed by atoms with Crippen LogP contribution in [0.1, 0.15) is 22.5 Å². The first-order chi connectivity index (χ1) is 12.9. The predicted molar refractivity (Wildman–Crippen MR) is 102 cm³/mol. The van der Waals surface area contributed by atoms with E-state index < -0.39 is 11.9 Å². The van der Waals surface area contributed by atoms with Crippen molar-refractivity contribution < 1.29 is 19.4 Å². The summed E-state index contributed by atoms with van der Waals surface area (Å²) >= 11 is 1.23. The predicted octanol–water partition coefficient (Wildman–Crippen LogP) is 1.57. The Balaban J connectivity index is 1.60. The molecule has 0 saturated carbocycles. The zero-order valence-corrected chi connectivity index (χ0v) is 15.2. The molecule has 0 radical (unpaired) electrons. The van der Waals surface area contributed by atoms with Crippen molar-refractivity contribution in [2.45, 2.75) is 12.8 Å². The molecule has 0 unspecified atom stereocenters. The molecule has 0 spiro atoms. The minimum absolute atomic E-state index is 0.0516. The van der Waals surface area contributed by atoms with Crippen LogP contribution in [-0.4, -0.2) is 41.1 Å². The van der Waals surface area contributed by atoms with Gasteiger partial charge in [0.1, 0.15) is 10.6 Å². The Kier molecular flexibility index (Phi) is 5.55. The van der Waals surface area contributed by atoms with E-state index in [2.05, 4.69) is 9.98 Å². The van der Waals surface area contributed by atoms with Gasteiger partial charge in [0, 0.05) is 13.1 Å². The molecule has 1 saturated heterocycles. The lowest BCUT2D eigenvalue weighted by molar-refractivity contribution is -0.142. The second-order valence-corrected chi connectivity index (χ2v) is 7.04. The van der Waals surface area contributed by atoms with E-state index in [-0.39, 0.29) is 11.9 Å². The first-order valence-electron chi connectivity index (χ1n) is 8.28. The van der Waals surface area contributed by atoms with Gasteiger partial charge in [0.15, 0.2) is 11.1 Å². The van der Waals surface area contributed by atoms with E-state index in [4.69, 9.17) is 21.3 Å². The molecule has 3 rings (SSSR count). The van der Waals surface area contributed by atoms with E-state index in [1.165, 1.54) is 17.5 Å². The van der Waals surface area contributed by atoms with Gasteiger partial charge in [-0.05, 0) is 37.1 Å². The van der Waals surface area contributed by atoms with Crippen molar-refractivity contribution in [3.63, 3.8) is 0 Å². The normalized spacial score (nSPS) is 14.6. The van der Waals surface area contributed by atoms with Crippen LogP contribution in [0.25, 0.3) is 0 Å². The van der Waals surface area contributed by atoms with E-state index in [9.17, 15) is 9.59 Å². The van der Waals surface area contributed by atoms with E-state index in [1.807, 2.05) is 4.90 Å². The number of carboxylic acids is 1. The summed E-state index contributed by atoms with van der Waals surface area (Å²) < 4.78 is 5.33. The fraction of sp³-hybridized carbons (Fsp3) is 0.294. The average molecular weight is 389 g/mol. The highest BCUT2D eigenvalue weighted by atomic mass is 32.1. The number of nitrogens with zero attached hydrogens (tertiary/aromatic N) is 3. The van der Waals surface area contributed by atoms with Crippen molar-refractivity contribution in [1.29, 1.82) is 0 Å². The number of thiazole rings is 1. The highest BCUT2D eigenvalue weighted by molar-refractivity contribution is 7.17. The first kappa shape index (κ1) is 18.6. The largest absolute Gasteiger partial charge is 0.481 e. The molecule has 1 aliphatic rings. The first-order valence-corrected chi connectivity index (χ1v) is 9.09. The number of anilines is 1. The number of carbonyl (C=O) groups excluding carboxylic acids is 1. The van der Waals surface area contributed by atoms with Gasteiger partial charge in [-0.1, -0.05) is 11.3 Å². The van der Waals surface area contributed by atoms with Crippen molar-refractivity contribution in [2.75, 3.05) is 18.0 Å². The van der Waals surface area contributed by atoms with Gasteiger partial charge in [-0.3, -0.25) is 4.79 Å². The number of aliphatic imine (C=N–C) groups is 1. The van der Waals surface area contributed by atoms with Crippen molar-refractivity contribution in [3.05, 3.63) is 35.3 Å². The Labute approximate surface area is 159 Å².